The molecule has 21 heavy (non-hydrogen) atoms. The van der Waals surface area contributed by atoms with Crippen molar-refractivity contribution in [2.45, 2.75) is 59.5 Å². The summed E-state index contributed by atoms with van der Waals surface area (Å²) in [7, 11) is 1.81. The van der Waals surface area contributed by atoms with Gasteiger partial charge in [0, 0.05) is 13.6 Å². The third-order valence-corrected chi connectivity index (χ3v) is 3.81. The molecule has 0 unspecified atom stereocenters. The average molecular weight is 290 g/mol. The van der Waals surface area contributed by atoms with E-state index in [2.05, 4.69) is 45.0 Å². The van der Waals surface area contributed by atoms with E-state index in [1.54, 1.807) is 4.90 Å². The van der Waals surface area contributed by atoms with E-state index in [4.69, 9.17) is 5.73 Å². The van der Waals surface area contributed by atoms with Gasteiger partial charge in [0.2, 0.25) is 5.91 Å². The van der Waals surface area contributed by atoms with E-state index in [9.17, 15) is 4.79 Å². The number of rotatable bonds is 3. The van der Waals surface area contributed by atoms with Crippen LogP contribution >= 0.6 is 0 Å². The minimum Gasteiger partial charge on any atom is -0.340 e. The summed E-state index contributed by atoms with van der Waals surface area (Å²) in [6.07, 6.45) is 0. The van der Waals surface area contributed by atoms with Crippen LogP contribution in [0.1, 0.15) is 52.7 Å². The highest BCUT2D eigenvalue weighted by Gasteiger charge is 2.29. The second kappa shape index (κ2) is 6.18. The third kappa shape index (κ3) is 4.85. The second-order valence-electron chi connectivity index (χ2n) is 7.98. The zero-order valence-electron chi connectivity index (χ0n) is 14.5. The maximum atomic E-state index is 12.3. The van der Waals surface area contributed by atoms with Crippen molar-refractivity contribution < 1.29 is 4.79 Å². The van der Waals surface area contributed by atoms with Crippen molar-refractivity contribution in [2.75, 3.05) is 7.05 Å². The highest BCUT2D eigenvalue weighted by atomic mass is 16.2. The summed E-state index contributed by atoms with van der Waals surface area (Å²) in [6.45, 7) is 13.1. The number of carbonyl (C=O) groups is 1. The molecular formula is C18H30N2O. The van der Waals surface area contributed by atoms with Crippen molar-refractivity contribution in [3.8, 4) is 0 Å². The predicted molar refractivity (Wildman–Crippen MR) is 89.0 cm³/mol. The minimum atomic E-state index is -0.476. The van der Waals surface area contributed by atoms with Crippen molar-refractivity contribution in [1.29, 1.82) is 0 Å². The van der Waals surface area contributed by atoms with Crippen LogP contribution in [0.5, 0.6) is 0 Å². The number of nitrogens with zero attached hydrogens (tertiary/aromatic N) is 1. The smallest absolute Gasteiger partial charge is 0.240 e. The number of benzene rings is 1. The number of nitrogens with two attached hydrogens (primary N) is 1. The summed E-state index contributed by atoms with van der Waals surface area (Å²) in [6, 6.07) is 7.98. The molecule has 0 aliphatic rings. The number of amides is 1. The molecule has 2 N–H and O–H groups in total. The van der Waals surface area contributed by atoms with Crippen LogP contribution in [0.4, 0.5) is 0 Å². The minimum absolute atomic E-state index is 0.0117. The fourth-order valence-corrected chi connectivity index (χ4v) is 2.07. The molecule has 0 heterocycles. The van der Waals surface area contributed by atoms with Gasteiger partial charge in [-0.1, -0.05) is 65.8 Å². The first-order valence-corrected chi connectivity index (χ1v) is 7.53. The van der Waals surface area contributed by atoms with Crippen LogP contribution < -0.4 is 5.73 Å². The van der Waals surface area contributed by atoms with Crippen LogP contribution in [0, 0.1) is 5.41 Å². The molecule has 1 aromatic carbocycles. The van der Waals surface area contributed by atoms with Crippen molar-refractivity contribution in [1.82, 2.24) is 4.90 Å². The molecular weight excluding hydrogens is 260 g/mol. The first-order chi connectivity index (χ1) is 9.43. The molecule has 1 amide bonds. The number of carbonyl (C=O) groups excluding carboxylic acids is 1. The molecule has 0 bridgehead atoms. The largest absolute Gasteiger partial charge is 0.340 e. The monoisotopic (exact) mass is 290 g/mol. The number of hydrogen-bond acceptors (Lipinski definition) is 2. The Balaban J connectivity index is 2.75. The van der Waals surface area contributed by atoms with E-state index < -0.39 is 6.04 Å². The molecule has 118 valence electrons. The van der Waals surface area contributed by atoms with E-state index in [-0.39, 0.29) is 16.7 Å². The van der Waals surface area contributed by atoms with Gasteiger partial charge in [-0.2, -0.15) is 0 Å². The summed E-state index contributed by atoms with van der Waals surface area (Å²) >= 11 is 0. The normalized spacial score (nSPS) is 13.9. The predicted octanol–water partition coefficient (Wildman–Crippen LogP) is 3.32. The van der Waals surface area contributed by atoms with Gasteiger partial charge in [-0.05, 0) is 22.0 Å². The van der Waals surface area contributed by atoms with Gasteiger partial charge in [0.25, 0.3) is 0 Å². The highest BCUT2D eigenvalue weighted by Crippen LogP contribution is 2.23. The Morgan fingerprint density at radius 2 is 1.57 bits per heavy atom. The highest BCUT2D eigenvalue weighted by molar-refractivity contribution is 5.82. The van der Waals surface area contributed by atoms with Gasteiger partial charge in [0.1, 0.15) is 0 Å². The van der Waals surface area contributed by atoms with E-state index in [1.807, 2.05) is 27.8 Å². The molecule has 0 fully saturated rings. The Kier molecular flexibility index (Phi) is 5.21. The quantitative estimate of drug-likeness (QED) is 0.928. The number of likely N-dealkylation sites (N-methyl/N-ethyl adjacent to an activating group) is 1. The van der Waals surface area contributed by atoms with E-state index >= 15 is 0 Å². The lowest BCUT2D eigenvalue weighted by atomic mass is 9.86. The Labute approximate surface area is 129 Å². The molecule has 1 rings (SSSR count). The van der Waals surface area contributed by atoms with E-state index in [0.717, 1.165) is 5.56 Å². The Morgan fingerprint density at radius 3 is 1.95 bits per heavy atom. The molecule has 1 atom stereocenters. The van der Waals surface area contributed by atoms with Crippen molar-refractivity contribution in [3.63, 3.8) is 0 Å². The fourth-order valence-electron chi connectivity index (χ4n) is 2.07. The lowest BCUT2D eigenvalue weighted by molar-refractivity contribution is -0.134. The van der Waals surface area contributed by atoms with Crippen LogP contribution in [0.3, 0.4) is 0 Å². The zero-order valence-corrected chi connectivity index (χ0v) is 14.5. The molecule has 0 spiro atoms. The molecule has 0 radical (unpaired) electrons. The van der Waals surface area contributed by atoms with E-state index in [0.29, 0.717) is 6.54 Å². The lowest BCUT2D eigenvalue weighted by Gasteiger charge is -2.30. The molecule has 0 saturated carbocycles. The van der Waals surface area contributed by atoms with Crippen LogP contribution in [-0.4, -0.2) is 23.9 Å². The maximum absolute atomic E-state index is 12.3. The summed E-state index contributed by atoms with van der Waals surface area (Å²) < 4.78 is 0. The third-order valence-electron chi connectivity index (χ3n) is 3.81. The topological polar surface area (TPSA) is 46.3 Å². The number of hydrogen-bond donors (Lipinski definition) is 1. The molecule has 1 aromatic rings. The summed E-state index contributed by atoms with van der Waals surface area (Å²) in [5.74, 6) is -0.0117. The summed E-state index contributed by atoms with van der Waals surface area (Å²) in [5.41, 5.74) is 8.39. The van der Waals surface area contributed by atoms with Crippen LogP contribution in [-0.2, 0) is 16.8 Å². The van der Waals surface area contributed by atoms with Gasteiger partial charge < -0.3 is 10.6 Å². The molecule has 3 nitrogen and oxygen atoms in total. The maximum Gasteiger partial charge on any atom is 0.240 e. The van der Waals surface area contributed by atoms with Crippen LogP contribution in [0.25, 0.3) is 0 Å². The van der Waals surface area contributed by atoms with Gasteiger partial charge >= 0.3 is 0 Å². The van der Waals surface area contributed by atoms with Crippen LogP contribution in [0.2, 0.25) is 0 Å². The molecule has 0 aliphatic carbocycles. The first-order valence-electron chi connectivity index (χ1n) is 7.53. The zero-order chi connectivity index (χ0) is 16.4. The van der Waals surface area contributed by atoms with Crippen molar-refractivity contribution in [3.05, 3.63) is 35.4 Å². The van der Waals surface area contributed by atoms with Gasteiger partial charge in [0.05, 0.1) is 6.04 Å². The van der Waals surface area contributed by atoms with Gasteiger partial charge in [-0.15, -0.1) is 0 Å². The first kappa shape index (κ1) is 17.7. The lowest BCUT2D eigenvalue weighted by Crippen LogP contribution is -2.48. The Morgan fingerprint density at radius 1 is 1.10 bits per heavy atom. The van der Waals surface area contributed by atoms with Crippen LogP contribution in [0.15, 0.2) is 24.3 Å². The Bertz CT molecular complexity index is 477. The summed E-state index contributed by atoms with van der Waals surface area (Å²) in [4.78, 5) is 14.0. The molecule has 0 aromatic heterocycles. The Hall–Kier alpha value is -1.35. The standard InChI is InChI=1S/C18H30N2O/c1-17(2,3)14-10-8-13(9-11-14)12-20(7)16(21)15(19)18(4,5)6/h8-11,15H,12,19H2,1-7H3/t15-/m0/s1. The fraction of sp³-hybridized carbons (Fsp3) is 0.611. The average Bonchev–Trinajstić information content (AvgIpc) is 2.35. The van der Waals surface area contributed by atoms with Gasteiger partial charge in [0.15, 0.2) is 0 Å². The van der Waals surface area contributed by atoms with Gasteiger partial charge in [-0.3, -0.25) is 4.79 Å². The van der Waals surface area contributed by atoms with Crippen molar-refractivity contribution >= 4 is 5.91 Å². The molecule has 0 saturated heterocycles. The van der Waals surface area contributed by atoms with Crippen molar-refractivity contribution in [2.24, 2.45) is 11.1 Å². The second-order valence-corrected chi connectivity index (χ2v) is 7.98. The van der Waals surface area contributed by atoms with Gasteiger partial charge in [-0.25, -0.2) is 0 Å². The molecule has 0 aliphatic heterocycles. The SMILES string of the molecule is CN(Cc1ccc(C(C)(C)C)cc1)C(=O)[C@H](N)C(C)(C)C. The van der Waals surface area contributed by atoms with E-state index in [1.165, 1.54) is 5.56 Å². The summed E-state index contributed by atoms with van der Waals surface area (Å²) in [5, 5.41) is 0. The molecule has 3 heteroatoms.